The second kappa shape index (κ2) is 8.43. The smallest absolute Gasteiger partial charge is 0.410 e. The largest absolute Gasteiger partial charge is 0.598 e. The molecular formula is C24H41N3O3S2. The van der Waals surface area contributed by atoms with Gasteiger partial charge in [-0.25, -0.2) is 9.78 Å². The highest BCUT2D eigenvalue weighted by Gasteiger charge is 2.56. The highest BCUT2D eigenvalue weighted by atomic mass is 32.2. The molecule has 32 heavy (non-hydrogen) atoms. The van der Waals surface area contributed by atoms with Gasteiger partial charge >= 0.3 is 6.09 Å². The number of carbonyl (C=O) groups excluding carboxylic acids is 1. The Morgan fingerprint density at radius 3 is 2.38 bits per heavy atom. The molecule has 4 atom stereocenters. The minimum absolute atomic E-state index is 0.0191. The van der Waals surface area contributed by atoms with Crippen molar-refractivity contribution in [2.45, 2.75) is 111 Å². The van der Waals surface area contributed by atoms with Gasteiger partial charge in [0.25, 0.3) is 0 Å². The first-order chi connectivity index (χ1) is 14.4. The maximum atomic E-state index is 13.2. The van der Waals surface area contributed by atoms with Gasteiger partial charge in [-0.1, -0.05) is 20.8 Å². The zero-order chi connectivity index (χ0) is 24.3. The quantitative estimate of drug-likeness (QED) is 0.560. The number of ether oxygens (including phenoxy) is 1. The summed E-state index contributed by atoms with van der Waals surface area (Å²) in [6.45, 7) is 21.0. The van der Waals surface area contributed by atoms with Crippen LogP contribution in [0.5, 0.6) is 0 Å². The van der Waals surface area contributed by atoms with Gasteiger partial charge in [0.05, 0.1) is 16.7 Å². The van der Waals surface area contributed by atoms with Crippen molar-refractivity contribution in [1.82, 2.24) is 14.6 Å². The predicted molar refractivity (Wildman–Crippen MR) is 132 cm³/mol. The molecule has 1 fully saturated rings. The average molecular weight is 484 g/mol. The van der Waals surface area contributed by atoms with Crippen molar-refractivity contribution in [3.8, 4) is 0 Å². The third-order valence-electron chi connectivity index (χ3n) is 6.46. The fourth-order valence-corrected chi connectivity index (χ4v) is 6.99. The molecule has 2 aliphatic rings. The van der Waals surface area contributed by atoms with E-state index in [1.165, 1.54) is 4.88 Å². The standard InChI is InChI=1S/C24H41N3O3S2/c1-15-25-16-13-24(19(18(16)31-15)26-32(29)23(8,9)10)11-12-27(17(14-24)21(2,3)4)20(28)30-22(5,6)7/h17,19,26H,11-14H2,1-10H3/t17-,19?,24?,32?/m0/s1. The van der Waals surface area contributed by atoms with Crippen molar-refractivity contribution in [3.05, 3.63) is 15.6 Å². The number of piperidine rings is 1. The number of rotatable bonds is 2. The number of hydrogen-bond donors (Lipinski definition) is 1. The summed E-state index contributed by atoms with van der Waals surface area (Å²) >= 11 is 0.523. The molecule has 1 aliphatic carbocycles. The first kappa shape index (κ1) is 25.8. The maximum Gasteiger partial charge on any atom is 0.410 e. The Bertz CT molecular complexity index is 850. The van der Waals surface area contributed by atoms with Crippen LogP contribution < -0.4 is 4.72 Å². The fraction of sp³-hybridized carbons (Fsp3) is 0.833. The molecule has 0 aromatic carbocycles. The number of fused-ring (bicyclic) bond motifs is 1. The summed E-state index contributed by atoms with van der Waals surface area (Å²) in [5.74, 6) is 0. The monoisotopic (exact) mass is 483 g/mol. The molecule has 1 aromatic heterocycles. The van der Waals surface area contributed by atoms with Gasteiger partial charge in [0.2, 0.25) is 0 Å². The van der Waals surface area contributed by atoms with Crippen molar-refractivity contribution in [2.75, 3.05) is 6.54 Å². The van der Waals surface area contributed by atoms with Crippen LogP contribution in [0.2, 0.25) is 0 Å². The minimum atomic E-state index is -1.19. The molecule has 182 valence electrons. The maximum absolute atomic E-state index is 13.2. The summed E-state index contributed by atoms with van der Waals surface area (Å²) in [5, 5.41) is 1.05. The van der Waals surface area contributed by atoms with Crippen LogP contribution in [0.25, 0.3) is 0 Å². The van der Waals surface area contributed by atoms with E-state index in [9.17, 15) is 9.35 Å². The SMILES string of the molecule is Cc1nc2c(s1)C(N[S+]([O-])C(C)(C)C)C1(CCN(C(=O)OC(C)(C)C)[C@H](C(C)(C)C)C1)C2. The lowest BCUT2D eigenvalue weighted by Gasteiger charge is -2.51. The number of thiazole rings is 1. The van der Waals surface area contributed by atoms with Crippen molar-refractivity contribution in [3.63, 3.8) is 0 Å². The summed E-state index contributed by atoms with van der Waals surface area (Å²) in [7, 11) is 0. The number of nitrogens with one attached hydrogen (secondary N) is 1. The lowest BCUT2D eigenvalue weighted by Crippen LogP contribution is -2.58. The van der Waals surface area contributed by atoms with Crippen LogP contribution in [0.3, 0.4) is 0 Å². The van der Waals surface area contributed by atoms with Crippen molar-refractivity contribution in [1.29, 1.82) is 0 Å². The van der Waals surface area contributed by atoms with Crippen LogP contribution in [0.15, 0.2) is 0 Å². The minimum Gasteiger partial charge on any atom is -0.598 e. The van der Waals surface area contributed by atoms with Gasteiger partial charge in [-0.2, -0.15) is 0 Å². The van der Waals surface area contributed by atoms with Gasteiger partial charge in [-0.05, 0) is 73.1 Å². The number of aryl methyl sites for hydroxylation is 1. The second-order valence-electron chi connectivity index (χ2n) is 12.5. The summed E-state index contributed by atoms with van der Waals surface area (Å²) in [6, 6.07) is 0.00275. The lowest BCUT2D eigenvalue weighted by molar-refractivity contribution is -0.0377. The Morgan fingerprint density at radius 2 is 1.84 bits per heavy atom. The number of carbonyl (C=O) groups is 1. The Balaban J connectivity index is 1.95. The Hall–Kier alpha value is -0.830. The molecule has 0 bridgehead atoms. The molecule has 1 N–H and O–H groups in total. The summed E-state index contributed by atoms with van der Waals surface area (Å²) in [6.07, 6.45) is 2.29. The van der Waals surface area contributed by atoms with Crippen molar-refractivity contribution >= 4 is 28.8 Å². The van der Waals surface area contributed by atoms with Gasteiger partial charge in [-0.15, -0.1) is 16.1 Å². The average Bonchev–Trinajstić information content (AvgIpc) is 3.06. The molecule has 6 nitrogen and oxygen atoms in total. The number of nitrogens with zero attached hydrogens (tertiary/aromatic N) is 2. The fourth-order valence-electron chi connectivity index (χ4n) is 4.85. The van der Waals surface area contributed by atoms with E-state index >= 15 is 0 Å². The lowest BCUT2D eigenvalue weighted by atomic mass is 9.66. The molecule has 3 unspecified atom stereocenters. The molecule has 8 heteroatoms. The molecule has 0 radical (unpaired) electrons. The third kappa shape index (κ3) is 5.29. The molecule has 1 aromatic rings. The zero-order valence-electron chi connectivity index (χ0n) is 21.4. The molecule has 1 saturated heterocycles. The molecule has 0 saturated carbocycles. The van der Waals surface area contributed by atoms with E-state index in [4.69, 9.17) is 9.72 Å². The zero-order valence-corrected chi connectivity index (χ0v) is 23.1. The van der Waals surface area contributed by atoms with Crippen LogP contribution in [-0.4, -0.2) is 43.5 Å². The van der Waals surface area contributed by atoms with Crippen LogP contribution in [0.4, 0.5) is 4.79 Å². The normalized spacial score (nSPS) is 27.5. The van der Waals surface area contributed by atoms with Crippen molar-refractivity contribution in [2.24, 2.45) is 10.8 Å². The molecule has 3 rings (SSSR count). The molecule has 2 heterocycles. The van der Waals surface area contributed by atoms with E-state index in [0.29, 0.717) is 6.54 Å². The van der Waals surface area contributed by atoms with Crippen LogP contribution in [0, 0.1) is 17.8 Å². The van der Waals surface area contributed by atoms with Gasteiger partial charge in [0.15, 0.2) is 0 Å². The summed E-state index contributed by atoms with van der Waals surface area (Å²) in [5.41, 5.74) is 0.382. The predicted octanol–water partition coefficient (Wildman–Crippen LogP) is 5.53. The Morgan fingerprint density at radius 1 is 1.22 bits per heavy atom. The molecule has 1 spiro atoms. The third-order valence-corrected chi connectivity index (χ3v) is 9.10. The number of hydrogen-bond acceptors (Lipinski definition) is 6. The first-order valence-corrected chi connectivity index (χ1v) is 13.5. The number of likely N-dealkylation sites (tertiary alicyclic amines) is 1. The van der Waals surface area contributed by atoms with E-state index in [2.05, 4.69) is 25.5 Å². The van der Waals surface area contributed by atoms with Gasteiger partial charge < -0.3 is 14.2 Å². The van der Waals surface area contributed by atoms with E-state index < -0.39 is 17.0 Å². The highest BCUT2D eigenvalue weighted by Crippen LogP contribution is 2.57. The van der Waals surface area contributed by atoms with Gasteiger partial charge in [-0.3, -0.25) is 0 Å². The van der Waals surface area contributed by atoms with Crippen LogP contribution in [0.1, 0.15) is 96.8 Å². The van der Waals surface area contributed by atoms with E-state index in [1.54, 1.807) is 11.3 Å². The van der Waals surface area contributed by atoms with Crippen LogP contribution in [-0.2, 0) is 22.5 Å². The van der Waals surface area contributed by atoms with Crippen LogP contribution >= 0.6 is 11.3 Å². The number of amides is 1. The van der Waals surface area contributed by atoms with E-state index in [-0.39, 0.29) is 33.8 Å². The molecule has 1 aliphatic heterocycles. The highest BCUT2D eigenvalue weighted by molar-refractivity contribution is 7.90. The Kier molecular flexibility index (Phi) is 6.80. The van der Waals surface area contributed by atoms with Crippen molar-refractivity contribution < 1.29 is 14.1 Å². The summed E-state index contributed by atoms with van der Waals surface area (Å²) in [4.78, 5) is 21.1. The molecular weight excluding hydrogens is 442 g/mol. The summed E-state index contributed by atoms with van der Waals surface area (Å²) < 4.78 is 22.1. The molecule has 1 amide bonds. The first-order valence-electron chi connectivity index (χ1n) is 11.6. The topological polar surface area (TPSA) is 77.5 Å². The van der Waals surface area contributed by atoms with Gasteiger partial charge in [0, 0.05) is 34.2 Å². The van der Waals surface area contributed by atoms with Gasteiger partial charge in [0.1, 0.15) is 10.3 Å². The Labute approximate surface area is 201 Å². The second-order valence-corrected chi connectivity index (χ2v) is 15.8. The van der Waals surface area contributed by atoms with E-state index in [0.717, 1.165) is 30.0 Å². The number of aromatic nitrogens is 1. The van der Waals surface area contributed by atoms with E-state index in [1.807, 2.05) is 53.4 Å².